The van der Waals surface area contributed by atoms with E-state index in [1.54, 1.807) is 39.5 Å². The normalized spacial score (nSPS) is 10.5. The van der Waals surface area contributed by atoms with Crippen LogP contribution in [0.15, 0.2) is 42.5 Å². The molecule has 0 aliphatic carbocycles. The number of anilines is 1. The third kappa shape index (κ3) is 4.29. The van der Waals surface area contributed by atoms with Crippen molar-refractivity contribution in [2.75, 3.05) is 26.6 Å². The first kappa shape index (κ1) is 17.4. The predicted molar refractivity (Wildman–Crippen MR) is 94.9 cm³/mol. The molecule has 1 amide bonds. The summed E-state index contributed by atoms with van der Waals surface area (Å²) in [6, 6.07) is 11.2. The minimum Gasteiger partial charge on any atom is -0.493 e. The summed E-state index contributed by atoms with van der Waals surface area (Å²) in [7, 11) is 4.65. The number of hydrogen-bond donors (Lipinski definition) is 1. The molecule has 0 spiro atoms. The fourth-order valence-corrected chi connectivity index (χ4v) is 2.28. The minimum absolute atomic E-state index is 0.214. The number of aryl methyl sites for hydroxylation is 1. The van der Waals surface area contributed by atoms with Crippen LogP contribution in [0.4, 0.5) is 5.69 Å². The molecule has 0 unspecified atom stereocenters. The Morgan fingerprint density at radius 1 is 1.00 bits per heavy atom. The molecule has 0 bridgehead atoms. The molecule has 2 aromatic carbocycles. The maximum atomic E-state index is 12.0. The molecule has 0 aromatic heterocycles. The van der Waals surface area contributed by atoms with Gasteiger partial charge in [-0.2, -0.15) is 0 Å². The molecular weight excluding hydrogens is 306 g/mol. The van der Waals surface area contributed by atoms with Gasteiger partial charge in [-0.05, 0) is 48.4 Å². The summed E-state index contributed by atoms with van der Waals surface area (Å²) in [6.07, 6.45) is 3.15. The number of carbonyl (C=O) groups is 1. The Balaban J connectivity index is 2.17. The summed E-state index contributed by atoms with van der Waals surface area (Å²) in [5.41, 5.74) is 2.61. The molecule has 0 saturated carbocycles. The smallest absolute Gasteiger partial charge is 0.248 e. The Labute approximate surface area is 141 Å². The van der Waals surface area contributed by atoms with Gasteiger partial charge in [0.2, 0.25) is 11.7 Å². The Hall–Kier alpha value is -2.95. The minimum atomic E-state index is -0.214. The van der Waals surface area contributed by atoms with Crippen molar-refractivity contribution in [2.24, 2.45) is 0 Å². The molecule has 126 valence electrons. The second-order valence-electron chi connectivity index (χ2n) is 5.15. The highest BCUT2D eigenvalue weighted by atomic mass is 16.5. The number of rotatable bonds is 6. The van der Waals surface area contributed by atoms with Crippen molar-refractivity contribution >= 4 is 17.7 Å². The highest BCUT2D eigenvalue weighted by molar-refractivity contribution is 6.02. The summed E-state index contributed by atoms with van der Waals surface area (Å²) in [4.78, 5) is 12.0. The van der Waals surface area contributed by atoms with E-state index >= 15 is 0 Å². The second kappa shape index (κ2) is 8.06. The van der Waals surface area contributed by atoms with Crippen molar-refractivity contribution in [3.63, 3.8) is 0 Å². The van der Waals surface area contributed by atoms with E-state index in [0.717, 1.165) is 16.8 Å². The van der Waals surface area contributed by atoms with Gasteiger partial charge in [-0.15, -0.1) is 0 Å². The lowest BCUT2D eigenvalue weighted by Gasteiger charge is -2.12. The van der Waals surface area contributed by atoms with Crippen LogP contribution in [0.3, 0.4) is 0 Å². The number of amides is 1. The Kier molecular flexibility index (Phi) is 5.84. The van der Waals surface area contributed by atoms with Crippen LogP contribution in [0.2, 0.25) is 0 Å². The Bertz CT molecular complexity index is 728. The monoisotopic (exact) mass is 327 g/mol. The van der Waals surface area contributed by atoms with E-state index in [2.05, 4.69) is 5.32 Å². The van der Waals surface area contributed by atoms with E-state index in [0.29, 0.717) is 17.2 Å². The first-order valence-electron chi connectivity index (χ1n) is 7.43. The highest BCUT2D eigenvalue weighted by Crippen LogP contribution is 2.38. The van der Waals surface area contributed by atoms with Crippen molar-refractivity contribution in [2.45, 2.75) is 6.92 Å². The number of ether oxygens (including phenoxy) is 3. The van der Waals surface area contributed by atoms with Crippen molar-refractivity contribution < 1.29 is 19.0 Å². The van der Waals surface area contributed by atoms with E-state index in [-0.39, 0.29) is 5.91 Å². The first-order valence-corrected chi connectivity index (χ1v) is 7.43. The molecular formula is C19H21NO4. The fraction of sp³-hybridized carbons (Fsp3) is 0.211. The van der Waals surface area contributed by atoms with Gasteiger partial charge in [0.15, 0.2) is 11.5 Å². The summed E-state index contributed by atoms with van der Waals surface area (Å²) in [5.74, 6) is 1.38. The van der Waals surface area contributed by atoms with E-state index in [4.69, 9.17) is 14.2 Å². The van der Waals surface area contributed by atoms with Crippen molar-refractivity contribution in [1.82, 2.24) is 0 Å². The number of hydrogen-bond acceptors (Lipinski definition) is 4. The van der Waals surface area contributed by atoms with Gasteiger partial charge in [0.25, 0.3) is 0 Å². The summed E-state index contributed by atoms with van der Waals surface area (Å²) in [6.45, 7) is 1.97. The molecule has 5 heteroatoms. The van der Waals surface area contributed by atoms with Gasteiger partial charge in [0, 0.05) is 11.8 Å². The summed E-state index contributed by atoms with van der Waals surface area (Å²) in [5, 5.41) is 2.82. The average Bonchev–Trinajstić information content (AvgIpc) is 2.58. The average molecular weight is 327 g/mol. The SMILES string of the molecule is COc1cc(C=CC(=O)Nc2cccc(C)c2)cc(OC)c1OC. The van der Waals surface area contributed by atoms with Crippen molar-refractivity contribution in [3.8, 4) is 17.2 Å². The van der Waals surface area contributed by atoms with E-state index in [1.807, 2.05) is 31.2 Å². The Morgan fingerprint density at radius 2 is 1.67 bits per heavy atom. The predicted octanol–water partition coefficient (Wildman–Crippen LogP) is 3.67. The lowest BCUT2D eigenvalue weighted by molar-refractivity contribution is -0.111. The number of nitrogens with one attached hydrogen (secondary N) is 1. The van der Waals surface area contributed by atoms with Gasteiger partial charge in [0.1, 0.15) is 0 Å². The second-order valence-corrected chi connectivity index (χ2v) is 5.15. The van der Waals surface area contributed by atoms with E-state index in [9.17, 15) is 4.79 Å². The van der Waals surface area contributed by atoms with Crippen LogP contribution in [0, 0.1) is 6.92 Å². The molecule has 24 heavy (non-hydrogen) atoms. The highest BCUT2D eigenvalue weighted by Gasteiger charge is 2.12. The van der Waals surface area contributed by atoms with Crippen LogP contribution >= 0.6 is 0 Å². The van der Waals surface area contributed by atoms with Crippen LogP contribution < -0.4 is 19.5 Å². The van der Waals surface area contributed by atoms with Gasteiger partial charge < -0.3 is 19.5 Å². The molecule has 0 heterocycles. The topological polar surface area (TPSA) is 56.8 Å². The molecule has 5 nitrogen and oxygen atoms in total. The lowest BCUT2D eigenvalue weighted by atomic mass is 10.1. The molecule has 1 N–H and O–H groups in total. The molecule has 0 saturated heterocycles. The number of carbonyl (C=O) groups excluding carboxylic acids is 1. The third-order valence-electron chi connectivity index (χ3n) is 3.40. The van der Waals surface area contributed by atoms with Gasteiger partial charge in [-0.3, -0.25) is 4.79 Å². The maximum Gasteiger partial charge on any atom is 0.248 e. The lowest BCUT2D eigenvalue weighted by Crippen LogP contribution is -2.07. The Morgan fingerprint density at radius 3 is 2.21 bits per heavy atom. The summed E-state index contributed by atoms with van der Waals surface area (Å²) < 4.78 is 15.9. The molecule has 0 radical (unpaired) electrons. The van der Waals surface area contributed by atoms with Crippen LogP contribution in [0.1, 0.15) is 11.1 Å². The standard InChI is InChI=1S/C19H21NO4/c1-13-6-5-7-15(10-13)20-18(21)9-8-14-11-16(22-2)19(24-4)17(12-14)23-3/h5-12H,1-4H3,(H,20,21). The molecule has 0 aliphatic heterocycles. The van der Waals surface area contributed by atoms with Crippen molar-refractivity contribution in [1.29, 1.82) is 0 Å². The van der Waals surface area contributed by atoms with Crippen LogP contribution in [-0.2, 0) is 4.79 Å². The summed E-state index contributed by atoms with van der Waals surface area (Å²) >= 11 is 0. The third-order valence-corrected chi connectivity index (χ3v) is 3.40. The molecule has 0 fully saturated rings. The molecule has 2 rings (SSSR count). The maximum absolute atomic E-state index is 12.0. The zero-order valence-electron chi connectivity index (χ0n) is 14.3. The fourth-order valence-electron chi connectivity index (χ4n) is 2.28. The van der Waals surface area contributed by atoms with E-state index in [1.165, 1.54) is 6.08 Å². The van der Waals surface area contributed by atoms with Crippen LogP contribution in [0.5, 0.6) is 17.2 Å². The van der Waals surface area contributed by atoms with Gasteiger partial charge in [0.05, 0.1) is 21.3 Å². The van der Waals surface area contributed by atoms with Gasteiger partial charge >= 0.3 is 0 Å². The zero-order valence-corrected chi connectivity index (χ0v) is 14.3. The van der Waals surface area contributed by atoms with E-state index < -0.39 is 0 Å². The van der Waals surface area contributed by atoms with Crippen LogP contribution in [0.25, 0.3) is 6.08 Å². The molecule has 2 aromatic rings. The first-order chi connectivity index (χ1) is 11.6. The molecule has 0 aliphatic rings. The number of methoxy groups -OCH3 is 3. The quantitative estimate of drug-likeness (QED) is 0.823. The zero-order chi connectivity index (χ0) is 17.5. The van der Waals surface area contributed by atoms with Gasteiger partial charge in [-0.1, -0.05) is 12.1 Å². The van der Waals surface area contributed by atoms with Gasteiger partial charge in [-0.25, -0.2) is 0 Å². The number of benzene rings is 2. The van der Waals surface area contributed by atoms with Crippen LogP contribution in [-0.4, -0.2) is 27.2 Å². The molecule has 0 atom stereocenters. The largest absolute Gasteiger partial charge is 0.493 e. The van der Waals surface area contributed by atoms with Crippen molar-refractivity contribution in [3.05, 3.63) is 53.6 Å².